The monoisotopic (exact) mass is 539 g/mol. The summed E-state index contributed by atoms with van der Waals surface area (Å²) in [6, 6.07) is 23.1. The molecule has 5 rings (SSSR count). The number of aryl methyl sites for hydroxylation is 1. The Morgan fingerprint density at radius 2 is 1.85 bits per heavy atom. The average Bonchev–Trinajstić information content (AvgIpc) is 3.61. The smallest absolute Gasteiger partial charge is 0.263 e. The number of nitrogens with zero attached hydrogens (tertiary/aromatic N) is 3. The van der Waals surface area contributed by atoms with Crippen molar-refractivity contribution in [2.75, 3.05) is 11.9 Å². The highest BCUT2D eigenvalue weighted by Crippen LogP contribution is 2.27. The molecular weight excluding hydrogens is 510 g/mol. The molecule has 0 aliphatic rings. The third-order valence-corrected chi connectivity index (χ3v) is 7.19. The van der Waals surface area contributed by atoms with Crippen molar-refractivity contribution < 1.29 is 9.53 Å². The lowest BCUT2D eigenvalue weighted by Crippen LogP contribution is -2.24. The van der Waals surface area contributed by atoms with Crippen LogP contribution in [0.2, 0.25) is 0 Å². The van der Waals surface area contributed by atoms with Crippen molar-refractivity contribution in [2.45, 2.75) is 33.1 Å². The SMILES string of the molecule is Cc1nc(-n2nc(-c3cccs3)cc2NC(=O)COc2ccc(C(C)C)cc2)[nH]c(=O)c1Cc1ccccc1. The third kappa shape index (κ3) is 6.15. The van der Waals surface area contributed by atoms with Crippen LogP contribution in [0.15, 0.2) is 83.0 Å². The van der Waals surface area contributed by atoms with Crippen LogP contribution in [0.25, 0.3) is 16.5 Å². The first kappa shape index (κ1) is 26.1. The number of hydrogen-bond donors (Lipinski definition) is 2. The molecule has 0 radical (unpaired) electrons. The molecule has 0 aliphatic carbocycles. The van der Waals surface area contributed by atoms with E-state index >= 15 is 0 Å². The molecule has 198 valence electrons. The van der Waals surface area contributed by atoms with Crippen LogP contribution in [-0.2, 0) is 11.2 Å². The van der Waals surface area contributed by atoms with Crippen molar-refractivity contribution in [3.8, 4) is 22.3 Å². The summed E-state index contributed by atoms with van der Waals surface area (Å²) in [5, 5.41) is 9.47. The highest BCUT2D eigenvalue weighted by atomic mass is 32.1. The number of hydrogen-bond acceptors (Lipinski definition) is 6. The molecule has 2 aromatic carbocycles. The number of carbonyl (C=O) groups is 1. The second kappa shape index (κ2) is 11.5. The molecule has 39 heavy (non-hydrogen) atoms. The van der Waals surface area contributed by atoms with E-state index in [9.17, 15) is 9.59 Å². The molecule has 0 saturated heterocycles. The first-order chi connectivity index (χ1) is 18.9. The van der Waals surface area contributed by atoms with Gasteiger partial charge in [-0.2, -0.15) is 9.78 Å². The van der Waals surface area contributed by atoms with Gasteiger partial charge in [0.15, 0.2) is 6.61 Å². The van der Waals surface area contributed by atoms with Crippen LogP contribution in [0.3, 0.4) is 0 Å². The predicted octanol–water partition coefficient (Wildman–Crippen LogP) is 5.72. The number of ether oxygens (including phenoxy) is 1. The summed E-state index contributed by atoms with van der Waals surface area (Å²) >= 11 is 1.53. The maximum Gasteiger partial charge on any atom is 0.263 e. The van der Waals surface area contributed by atoms with Gasteiger partial charge in [-0.1, -0.05) is 62.4 Å². The van der Waals surface area contributed by atoms with Gasteiger partial charge in [-0.3, -0.25) is 14.6 Å². The molecule has 9 heteroatoms. The molecule has 0 saturated carbocycles. The van der Waals surface area contributed by atoms with E-state index in [0.29, 0.717) is 40.9 Å². The largest absolute Gasteiger partial charge is 0.484 e. The van der Waals surface area contributed by atoms with Gasteiger partial charge in [-0.05, 0) is 47.5 Å². The number of carbonyl (C=O) groups excluding carboxylic acids is 1. The molecule has 2 N–H and O–H groups in total. The number of aromatic nitrogens is 4. The fraction of sp³-hybridized carbons (Fsp3) is 0.200. The Labute approximate surface area is 230 Å². The number of amides is 1. The van der Waals surface area contributed by atoms with Crippen molar-refractivity contribution in [1.82, 2.24) is 19.7 Å². The first-order valence-electron chi connectivity index (χ1n) is 12.7. The van der Waals surface area contributed by atoms with Crippen LogP contribution < -0.4 is 15.6 Å². The Balaban J connectivity index is 1.39. The van der Waals surface area contributed by atoms with Gasteiger partial charge in [-0.15, -0.1) is 11.3 Å². The van der Waals surface area contributed by atoms with Gasteiger partial charge in [0.05, 0.1) is 10.6 Å². The fourth-order valence-corrected chi connectivity index (χ4v) is 4.84. The van der Waals surface area contributed by atoms with Crippen molar-refractivity contribution in [2.24, 2.45) is 0 Å². The fourth-order valence-electron chi connectivity index (χ4n) is 4.16. The van der Waals surface area contributed by atoms with E-state index in [1.54, 1.807) is 13.0 Å². The van der Waals surface area contributed by atoms with Gasteiger partial charge in [0, 0.05) is 18.1 Å². The van der Waals surface area contributed by atoms with E-state index in [1.165, 1.54) is 21.6 Å². The van der Waals surface area contributed by atoms with Gasteiger partial charge in [0.1, 0.15) is 17.3 Å². The molecule has 5 aromatic rings. The lowest BCUT2D eigenvalue weighted by atomic mass is 10.0. The number of rotatable bonds is 9. The lowest BCUT2D eigenvalue weighted by molar-refractivity contribution is -0.118. The highest BCUT2D eigenvalue weighted by molar-refractivity contribution is 7.13. The van der Waals surface area contributed by atoms with Crippen molar-refractivity contribution in [3.63, 3.8) is 0 Å². The van der Waals surface area contributed by atoms with Crippen LogP contribution in [0.5, 0.6) is 5.75 Å². The van der Waals surface area contributed by atoms with E-state index < -0.39 is 0 Å². The van der Waals surface area contributed by atoms with E-state index in [4.69, 9.17) is 4.74 Å². The maximum atomic E-state index is 13.1. The second-order valence-electron chi connectivity index (χ2n) is 9.48. The van der Waals surface area contributed by atoms with Crippen molar-refractivity contribution in [3.05, 3.63) is 111 Å². The zero-order chi connectivity index (χ0) is 27.4. The van der Waals surface area contributed by atoms with Crippen LogP contribution in [0.1, 0.15) is 42.1 Å². The maximum absolute atomic E-state index is 13.1. The lowest BCUT2D eigenvalue weighted by Gasteiger charge is -2.11. The molecule has 0 atom stereocenters. The van der Waals surface area contributed by atoms with Gasteiger partial charge in [-0.25, -0.2) is 4.98 Å². The molecule has 1 amide bonds. The van der Waals surface area contributed by atoms with Gasteiger partial charge >= 0.3 is 0 Å². The van der Waals surface area contributed by atoms with Crippen molar-refractivity contribution in [1.29, 1.82) is 0 Å². The van der Waals surface area contributed by atoms with E-state index in [-0.39, 0.29) is 24.0 Å². The molecule has 0 unspecified atom stereocenters. The number of aromatic amines is 1. The van der Waals surface area contributed by atoms with Crippen LogP contribution >= 0.6 is 11.3 Å². The van der Waals surface area contributed by atoms with Crippen molar-refractivity contribution >= 4 is 23.1 Å². The minimum atomic E-state index is -0.360. The summed E-state index contributed by atoms with van der Waals surface area (Å²) in [7, 11) is 0. The minimum absolute atomic E-state index is 0.181. The summed E-state index contributed by atoms with van der Waals surface area (Å²) in [5.41, 5.74) is 3.79. The number of H-pyrrole nitrogens is 1. The molecule has 0 spiro atoms. The average molecular weight is 540 g/mol. The van der Waals surface area contributed by atoms with Gasteiger partial charge in [0.2, 0.25) is 5.95 Å². The Kier molecular flexibility index (Phi) is 7.69. The number of anilines is 1. The minimum Gasteiger partial charge on any atom is -0.484 e. The summed E-state index contributed by atoms with van der Waals surface area (Å²) in [4.78, 5) is 34.4. The van der Waals surface area contributed by atoms with Crippen LogP contribution in [0, 0.1) is 6.92 Å². The molecule has 0 bridgehead atoms. The summed E-state index contributed by atoms with van der Waals surface area (Å²) < 4.78 is 7.15. The summed E-state index contributed by atoms with van der Waals surface area (Å²) in [5.74, 6) is 1.26. The number of nitrogens with one attached hydrogen (secondary N) is 2. The summed E-state index contributed by atoms with van der Waals surface area (Å²) in [6.45, 7) is 5.87. The first-order valence-corrected chi connectivity index (χ1v) is 13.6. The molecule has 3 heterocycles. The van der Waals surface area contributed by atoms with Crippen LogP contribution in [-0.4, -0.2) is 32.3 Å². The summed E-state index contributed by atoms with van der Waals surface area (Å²) in [6.07, 6.45) is 0.466. The van der Waals surface area contributed by atoms with Crippen LogP contribution in [0.4, 0.5) is 5.82 Å². The number of thiophene rings is 1. The van der Waals surface area contributed by atoms with E-state index in [1.807, 2.05) is 72.1 Å². The van der Waals surface area contributed by atoms with Gasteiger partial charge < -0.3 is 10.1 Å². The number of benzene rings is 2. The third-order valence-electron chi connectivity index (χ3n) is 6.30. The zero-order valence-corrected chi connectivity index (χ0v) is 22.8. The Hall–Kier alpha value is -4.50. The Morgan fingerprint density at radius 1 is 1.08 bits per heavy atom. The standard InChI is InChI=1S/C30H29N5O3S/c1-19(2)22-11-13-23(14-12-22)38-18-28(36)32-27-17-25(26-10-7-15-39-26)34-35(27)30-31-20(3)24(29(37)33-30)16-21-8-5-4-6-9-21/h4-15,17,19H,16,18H2,1-3H3,(H,32,36)(H,31,33,37). The second-order valence-corrected chi connectivity index (χ2v) is 10.4. The molecule has 0 fully saturated rings. The normalized spacial score (nSPS) is 11.1. The van der Waals surface area contributed by atoms with E-state index in [2.05, 4.69) is 34.2 Å². The molecular formula is C30H29N5O3S. The Morgan fingerprint density at radius 3 is 2.51 bits per heavy atom. The molecule has 3 aromatic heterocycles. The molecule has 8 nitrogen and oxygen atoms in total. The quantitative estimate of drug-likeness (QED) is 0.249. The predicted molar refractivity (Wildman–Crippen MR) is 154 cm³/mol. The molecule has 0 aliphatic heterocycles. The van der Waals surface area contributed by atoms with E-state index in [0.717, 1.165) is 10.4 Å². The highest BCUT2D eigenvalue weighted by Gasteiger charge is 2.18. The van der Waals surface area contributed by atoms with Gasteiger partial charge in [0.25, 0.3) is 11.5 Å². The Bertz CT molecular complexity index is 1620. The topological polar surface area (TPSA) is 102 Å². The zero-order valence-electron chi connectivity index (χ0n) is 22.0.